The van der Waals surface area contributed by atoms with Gasteiger partial charge in [-0.1, -0.05) is 6.07 Å². The normalized spacial score (nSPS) is 14.0. The molecule has 0 aliphatic carbocycles. The minimum Gasteiger partial charge on any atom is -0.363 e. The van der Waals surface area contributed by atoms with Gasteiger partial charge in [-0.2, -0.15) is 13.2 Å². The van der Waals surface area contributed by atoms with Crippen LogP contribution in [-0.2, 0) is 4.74 Å². The second kappa shape index (κ2) is 4.41. The molecule has 1 unspecified atom stereocenters. The molecule has 5 heteroatoms. The summed E-state index contributed by atoms with van der Waals surface area (Å²) in [5, 5.41) is 0. The number of hydrogen-bond donors (Lipinski definition) is 0. The van der Waals surface area contributed by atoms with Crippen LogP contribution in [0.3, 0.4) is 0 Å². The molecule has 1 aromatic rings. The monoisotopic (exact) mass is 205 g/mol. The highest BCUT2D eigenvalue weighted by atomic mass is 19.4. The third-order valence-corrected chi connectivity index (χ3v) is 1.59. The summed E-state index contributed by atoms with van der Waals surface area (Å²) in [7, 11) is 0. The van der Waals surface area contributed by atoms with Crippen LogP contribution in [-0.4, -0.2) is 17.8 Å². The maximum absolute atomic E-state index is 12.4. The Bertz CT molecular complexity index is 273. The van der Waals surface area contributed by atoms with Crippen molar-refractivity contribution >= 4 is 0 Å². The van der Waals surface area contributed by atoms with Crippen LogP contribution in [0.25, 0.3) is 0 Å². The molecule has 0 aromatic carbocycles. The summed E-state index contributed by atoms with van der Waals surface area (Å²) in [5.41, 5.74) is -0.109. The smallest absolute Gasteiger partial charge is 0.363 e. The standard InChI is InChI=1S/C9H10F3NO/c1-2-14-8(9(10,11)12)7-5-3-4-6-13-7/h3-6,8H,2H2,1H3. The molecule has 78 valence electrons. The van der Waals surface area contributed by atoms with Gasteiger partial charge in [0.15, 0.2) is 6.10 Å². The molecule has 0 spiro atoms. The molecule has 0 saturated heterocycles. The molecule has 0 N–H and O–H groups in total. The first-order chi connectivity index (χ1) is 6.55. The quantitative estimate of drug-likeness (QED) is 0.756. The molecule has 1 atom stereocenters. The van der Waals surface area contributed by atoms with E-state index in [4.69, 9.17) is 0 Å². The Kier molecular flexibility index (Phi) is 3.46. The summed E-state index contributed by atoms with van der Waals surface area (Å²) in [6, 6.07) is 4.36. The second-order valence-corrected chi connectivity index (χ2v) is 2.63. The van der Waals surface area contributed by atoms with Crippen molar-refractivity contribution < 1.29 is 17.9 Å². The molecule has 14 heavy (non-hydrogen) atoms. The van der Waals surface area contributed by atoms with Gasteiger partial charge in [-0.25, -0.2) is 0 Å². The Morgan fingerprint density at radius 2 is 2.14 bits per heavy atom. The van der Waals surface area contributed by atoms with Crippen molar-refractivity contribution in [3.05, 3.63) is 30.1 Å². The first kappa shape index (κ1) is 11.0. The second-order valence-electron chi connectivity index (χ2n) is 2.63. The highest BCUT2D eigenvalue weighted by molar-refractivity contribution is 5.08. The number of aromatic nitrogens is 1. The number of hydrogen-bond acceptors (Lipinski definition) is 2. The zero-order chi connectivity index (χ0) is 10.6. The van der Waals surface area contributed by atoms with Crippen LogP contribution in [0, 0.1) is 0 Å². The molecule has 1 rings (SSSR count). The van der Waals surface area contributed by atoms with Gasteiger partial charge in [0.25, 0.3) is 0 Å². The Labute approximate surface area is 79.7 Å². The summed E-state index contributed by atoms with van der Waals surface area (Å²) in [5.74, 6) is 0. The summed E-state index contributed by atoms with van der Waals surface area (Å²) < 4.78 is 41.9. The lowest BCUT2D eigenvalue weighted by Gasteiger charge is -2.19. The number of nitrogens with zero attached hydrogens (tertiary/aromatic N) is 1. The molecule has 0 radical (unpaired) electrons. The highest BCUT2D eigenvalue weighted by Gasteiger charge is 2.42. The van der Waals surface area contributed by atoms with E-state index in [0.29, 0.717) is 0 Å². The van der Waals surface area contributed by atoms with Crippen molar-refractivity contribution in [2.24, 2.45) is 0 Å². The summed E-state index contributed by atoms with van der Waals surface area (Å²) in [6.07, 6.45) is -5.02. The minimum absolute atomic E-state index is 0.000745. The van der Waals surface area contributed by atoms with Gasteiger partial charge >= 0.3 is 6.18 Å². The number of halogens is 3. The first-order valence-electron chi connectivity index (χ1n) is 4.15. The van der Waals surface area contributed by atoms with Gasteiger partial charge in [0.05, 0.1) is 5.69 Å². The van der Waals surface area contributed by atoms with Crippen LogP contribution in [0.1, 0.15) is 18.7 Å². The molecule has 0 amide bonds. The molecular formula is C9H10F3NO. The van der Waals surface area contributed by atoms with Crippen LogP contribution in [0.15, 0.2) is 24.4 Å². The van der Waals surface area contributed by atoms with Gasteiger partial charge in [-0.15, -0.1) is 0 Å². The fourth-order valence-electron chi connectivity index (χ4n) is 1.05. The van der Waals surface area contributed by atoms with Gasteiger partial charge in [-0.05, 0) is 19.1 Å². The predicted octanol–water partition coefficient (Wildman–Crippen LogP) is 2.72. The third-order valence-electron chi connectivity index (χ3n) is 1.59. The van der Waals surface area contributed by atoms with E-state index in [9.17, 15) is 13.2 Å². The lowest BCUT2D eigenvalue weighted by molar-refractivity contribution is -0.223. The highest BCUT2D eigenvalue weighted by Crippen LogP contribution is 2.34. The SMILES string of the molecule is CCOC(c1ccccn1)C(F)(F)F. The van der Waals surface area contributed by atoms with E-state index in [1.54, 1.807) is 6.07 Å². The largest absolute Gasteiger partial charge is 0.420 e. The van der Waals surface area contributed by atoms with Crippen molar-refractivity contribution in [2.75, 3.05) is 6.61 Å². The molecule has 1 aromatic heterocycles. The molecule has 0 bridgehead atoms. The summed E-state index contributed by atoms with van der Waals surface area (Å²) >= 11 is 0. The molecule has 0 aliphatic rings. The zero-order valence-electron chi connectivity index (χ0n) is 7.58. The van der Waals surface area contributed by atoms with Crippen molar-refractivity contribution in [1.82, 2.24) is 4.98 Å². The Balaban J connectivity index is 2.89. The molecule has 2 nitrogen and oxygen atoms in total. The van der Waals surface area contributed by atoms with Crippen molar-refractivity contribution in [1.29, 1.82) is 0 Å². The van der Waals surface area contributed by atoms with Crippen LogP contribution in [0.5, 0.6) is 0 Å². The van der Waals surface area contributed by atoms with Gasteiger partial charge in [0.1, 0.15) is 0 Å². The van der Waals surface area contributed by atoms with E-state index < -0.39 is 12.3 Å². The molecule has 0 fully saturated rings. The topological polar surface area (TPSA) is 22.1 Å². The van der Waals surface area contributed by atoms with Crippen LogP contribution in [0.2, 0.25) is 0 Å². The number of ether oxygens (including phenoxy) is 1. The predicted molar refractivity (Wildman–Crippen MR) is 44.7 cm³/mol. The molecule has 1 heterocycles. The van der Waals surface area contributed by atoms with Gasteiger partial charge in [-0.3, -0.25) is 4.98 Å². The average Bonchev–Trinajstić information content (AvgIpc) is 2.14. The lowest BCUT2D eigenvalue weighted by atomic mass is 10.2. The van der Waals surface area contributed by atoms with E-state index in [1.807, 2.05) is 0 Å². The van der Waals surface area contributed by atoms with Crippen LogP contribution < -0.4 is 0 Å². The maximum atomic E-state index is 12.4. The van der Waals surface area contributed by atoms with E-state index in [1.165, 1.54) is 25.3 Å². The van der Waals surface area contributed by atoms with E-state index in [-0.39, 0.29) is 12.3 Å². The Morgan fingerprint density at radius 1 is 1.43 bits per heavy atom. The van der Waals surface area contributed by atoms with E-state index in [0.717, 1.165) is 0 Å². The molecular weight excluding hydrogens is 195 g/mol. The lowest BCUT2D eigenvalue weighted by Crippen LogP contribution is -2.24. The fourth-order valence-corrected chi connectivity index (χ4v) is 1.05. The van der Waals surface area contributed by atoms with Crippen LogP contribution >= 0.6 is 0 Å². The van der Waals surface area contributed by atoms with Crippen LogP contribution in [0.4, 0.5) is 13.2 Å². The molecule has 0 saturated carbocycles. The fraction of sp³-hybridized carbons (Fsp3) is 0.444. The Morgan fingerprint density at radius 3 is 2.57 bits per heavy atom. The summed E-state index contributed by atoms with van der Waals surface area (Å²) in [4.78, 5) is 3.62. The van der Waals surface area contributed by atoms with E-state index >= 15 is 0 Å². The van der Waals surface area contributed by atoms with E-state index in [2.05, 4.69) is 9.72 Å². The first-order valence-corrected chi connectivity index (χ1v) is 4.15. The van der Waals surface area contributed by atoms with Crippen molar-refractivity contribution in [3.8, 4) is 0 Å². The van der Waals surface area contributed by atoms with Crippen molar-refractivity contribution in [2.45, 2.75) is 19.2 Å². The zero-order valence-corrected chi connectivity index (χ0v) is 7.58. The third kappa shape index (κ3) is 2.70. The number of alkyl halides is 3. The number of rotatable bonds is 3. The maximum Gasteiger partial charge on any atom is 0.420 e. The van der Waals surface area contributed by atoms with Gasteiger partial charge in [0.2, 0.25) is 0 Å². The number of pyridine rings is 1. The van der Waals surface area contributed by atoms with Gasteiger partial charge < -0.3 is 4.74 Å². The average molecular weight is 205 g/mol. The minimum atomic E-state index is -4.41. The molecule has 0 aliphatic heterocycles. The Hall–Kier alpha value is -1.10. The van der Waals surface area contributed by atoms with Crippen molar-refractivity contribution in [3.63, 3.8) is 0 Å². The van der Waals surface area contributed by atoms with Gasteiger partial charge in [0, 0.05) is 12.8 Å². The summed E-state index contributed by atoms with van der Waals surface area (Å²) in [6.45, 7) is 1.52.